The fourth-order valence-electron chi connectivity index (χ4n) is 1.24. The van der Waals surface area contributed by atoms with Crippen LogP contribution in [0.5, 0.6) is 5.75 Å². The van der Waals surface area contributed by atoms with Gasteiger partial charge >= 0.3 is 0 Å². The van der Waals surface area contributed by atoms with Crippen LogP contribution in [0.1, 0.15) is 12.8 Å². The van der Waals surface area contributed by atoms with Crippen molar-refractivity contribution in [1.82, 2.24) is 5.32 Å². The number of hydrogen-bond donors (Lipinski definition) is 2. The molecule has 1 aliphatic carbocycles. The number of carbonyl (C=O) groups excluding carboxylic acids is 1. The van der Waals surface area contributed by atoms with E-state index in [2.05, 4.69) is 5.32 Å². The van der Waals surface area contributed by atoms with Gasteiger partial charge in [-0.15, -0.1) is 0 Å². The number of ether oxygens (including phenoxy) is 1. The van der Waals surface area contributed by atoms with Crippen LogP contribution in [0.2, 0.25) is 5.02 Å². The van der Waals surface area contributed by atoms with Gasteiger partial charge in [0, 0.05) is 12.1 Å². The Balaban J connectivity index is 1.83. The molecule has 0 unspecified atom stereocenters. The molecule has 86 valence electrons. The fourth-order valence-corrected chi connectivity index (χ4v) is 1.41. The number of amides is 1. The fraction of sp³-hybridized carbons (Fsp3) is 0.364. The lowest BCUT2D eigenvalue weighted by molar-refractivity contribution is -0.123. The highest BCUT2D eigenvalue weighted by Crippen LogP contribution is 2.24. The molecule has 0 bridgehead atoms. The molecule has 0 saturated heterocycles. The van der Waals surface area contributed by atoms with Crippen LogP contribution in [0.15, 0.2) is 18.2 Å². The number of nitrogens with one attached hydrogen (secondary N) is 1. The number of rotatable bonds is 4. The SMILES string of the molecule is Nc1ccc(OCC(=O)NC2CC2)cc1Cl. The lowest BCUT2D eigenvalue weighted by Crippen LogP contribution is -2.30. The van der Waals surface area contributed by atoms with Crippen molar-refractivity contribution in [3.8, 4) is 5.75 Å². The summed E-state index contributed by atoms with van der Waals surface area (Å²) in [6, 6.07) is 5.29. The molecule has 1 aromatic carbocycles. The molecule has 3 N–H and O–H groups in total. The molecule has 0 radical (unpaired) electrons. The quantitative estimate of drug-likeness (QED) is 0.786. The Labute approximate surface area is 98.7 Å². The monoisotopic (exact) mass is 240 g/mol. The average molecular weight is 241 g/mol. The first kappa shape index (κ1) is 11.1. The molecule has 1 saturated carbocycles. The molecule has 0 spiro atoms. The van der Waals surface area contributed by atoms with Gasteiger partial charge in [0.1, 0.15) is 5.75 Å². The maximum Gasteiger partial charge on any atom is 0.258 e. The standard InChI is InChI=1S/C11H13ClN2O2/c12-9-5-8(3-4-10(9)13)16-6-11(15)14-7-1-2-7/h3-5,7H,1-2,6,13H2,(H,14,15). The van der Waals surface area contributed by atoms with Crippen LogP contribution in [0.3, 0.4) is 0 Å². The number of carbonyl (C=O) groups is 1. The van der Waals surface area contributed by atoms with Crippen molar-refractivity contribution >= 4 is 23.2 Å². The van der Waals surface area contributed by atoms with E-state index in [1.54, 1.807) is 18.2 Å². The Hall–Kier alpha value is -1.42. The van der Waals surface area contributed by atoms with Crippen molar-refractivity contribution in [2.75, 3.05) is 12.3 Å². The smallest absolute Gasteiger partial charge is 0.258 e. The summed E-state index contributed by atoms with van der Waals surface area (Å²) in [6.07, 6.45) is 2.14. The third-order valence-corrected chi connectivity index (χ3v) is 2.61. The van der Waals surface area contributed by atoms with Gasteiger partial charge in [-0.05, 0) is 25.0 Å². The second kappa shape index (κ2) is 4.61. The summed E-state index contributed by atoms with van der Waals surface area (Å²) in [5.74, 6) is 0.445. The molecule has 4 nitrogen and oxygen atoms in total. The molecule has 1 aromatic rings. The van der Waals surface area contributed by atoms with E-state index in [0.717, 1.165) is 12.8 Å². The molecule has 0 heterocycles. The number of anilines is 1. The average Bonchev–Trinajstić information content (AvgIpc) is 3.04. The van der Waals surface area contributed by atoms with Crippen molar-refractivity contribution in [1.29, 1.82) is 0 Å². The van der Waals surface area contributed by atoms with E-state index in [1.165, 1.54) is 0 Å². The molecule has 1 fully saturated rings. The van der Waals surface area contributed by atoms with E-state index in [-0.39, 0.29) is 12.5 Å². The largest absolute Gasteiger partial charge is 0.484 e. The summed E-state index contributed by atoms with van der Waals surface area (Å²) in [5.41, 5.74) is 6.05. The summed E-state index contributed by atoms with van der Waals surface area (Å²) in [4.78, 5) is 11.3. The maximum atomic E-state index is 11.3. The van der Waals surface area contributed by atoms with Gasteiger partial charge in [0.2, 0.25) is 0 Å². The van der Waals surface area contributed by atoms with Gasteiger partial charge in [0.15, 0.2) is 6.61 Å². The predicted molar refractivity (Wildman–Crippen MR) is 62.5 cm³/mol. The minimum Gasteiger partial charge on any atom is -0.484 e. The first-order chi connectivity index (χ1) is 7.65. The van der Waals surface area contributed by atoms with Crippen molar-refractivity contribution in [3.05, 3.63) is 23.2 Å². The van der Waals surface area contributed by atoms with E-state index < -0.39 is 0 Å². The Morgan fingerprint density at radius 2 is 2.31 bits per heavy atom. The van der Waals surface area contributed by atoms with E-state index in [9.17, 15) is 4.79 Å². The molecular formula is C11H13ClN2O2. The molecule has 1 amide bonds. The van der Waals surface area contributed by atoms with Crippen molar-refractivity contribution in [3.63, 3.8) is 0 Å². The number of hydrogen-bond acceptors (Lipinski definition) is 3. The van der Waals surface area contributed by atoms with Crippen LogP contribution in [-0.4, -0.2) is 18.6 Å². The predicted octanol–water partition coefficient (Wildman–Crippen LogP) is 1.58. The second-order valence-electron chi connectivity index (χ2n) is 3.81. The van der Waals surface area contributed by atoms with Gasteiger partial charge in [0.05, 0.1) is 10.7 Å². The maximum absolute atomic E-state index is 11.3. The molecule has 2 rings (SSSR count). The van der Waals surface area contributed by atoms with Crippen LogP contribution in [0, 0.1) is 0 Å². The Morgan fingerprint density at radius 3 is 2.94 bits per heavy atom. The van der Waals surface area contributed by atoms with Crippen LogP contribution in [-0.2, 0) is 4.79 Å². The van der Waals surface area contributed by atoms with Gasteiger partial charge in [-0.3, -0.25) is 4.79 Å². The zero-order chi connectivity index (χ0) is 11.5. The summed E-state index contributed by atoms with van der Waals surface area (Å²) in [7, 11) is 0. The highest BCUT2D eigenvalue weighted by Gasteiger charge is 2.23. The minimum absolute atomic E-state index is 0.0107. The molecule has 0 aliphatic heterocycles. The van der Waals surface area contributed by atoms with E-state index >= 15 is 0 Å². The zero-order valence-electron chi connectivity index (χ0n) is 8.70. The molecule has 0 atom stereocenters. The molecule has 16 heavy (non-hydrogen) atoms. The summed E-state index contributed by atoms with van der Waals surface area (Å²) < 4.78 is 5.28. The topological polar surface area (TPSA) is 64.3 Å². The van der Waals surface area contributed by atoms with Gasteiger partial charge in [-0.2, -0.15) is 0 Å². The lowest BCUT2D eigenvalue weighted by atomic mass is 10.3. The molecule has 5 heteroatoms. The minimum atomic E-state index is -0.101. The number of nitrogen functional groups attached to an aromatic ring is 1. The Morgan fingerprint density at radius 1 is 1.56 bits per heavy atom. The first-order valence-corrected chi connectivity index (χ1v) is 5.50. The van der Waals surface area contributed by atoms with Crippen molar-refractivity contribution < 1.29 is 9.53 Å². The first-order valence-electron chi connectivity index (χ1n) is 5.12. The van der Waals surface area contributed by atoms with E-state index in [0.29, 0.717) is 22.5 Å². The van der Waals surface area contributed by atoms with Crippen molar-refractivity contribution in [2.24, 2.45) is 0 Å². The van der Waals surface area contributed by atoms with Gasteiger partial charge < -0.3 is 15.8 Å². The Bertz CT molecular complexity index is 405. The number of benzene rings is 1. The third kappa shape index (κ3) is 3.03. The highest BCUT2D eigenvalue weighted by atomic mass is 35.5. The summed E-state index contributed by atoms with van der Waals surface area (Å²) in [6.45, 7) is 0.0107. The normalized spacial score (nSPS) is 14.6. The summed E-state index contributed by atoms with van der Waals surface area (Å²) >= 11 is 5.82. The second-order valence-corrected chi connectivity index (χ2v) is 4.22. The van der Waals surface area contributed by atoms with Crippen molar-refractivity contribution in [2.45, 2.75) is 18.9 Å². The molecule has 0 aromatic heterocycles. The molecule has 1 aliphatic rings. The number of halogens is 1. The van der Waals surface area contributed by atoms with Crippen LogP contribution in [0.4, 0.5) is 5.69 Å². The third-order valence-electron chi connectivity index (χ3n) is 2.28. The molecular weight excluding hydrogens is 228 g/mol. The van der Waals surface area contributed by atoms with E-state index in [1.807, 2.05) is 0 Å². The lowest BCUT2D eigenvalue weighted by Gasteiger charge is -2.07. The van der Waals surface area contributed by atoms with Crippen LogP contribution >= 0.6 is 11.6 Å². The van der Waals surface area contributed by atoms with Gasteiger partial charge in [0.25, 0.3) is 5.91 Å². The van der Waals surface area contributed by atoms with Gasteiger partial charge in [-0.25, -0.2) is 0 Å². The summed E-state index contributed by atoms with van der Waals surface area (Å²) in [5, 5.41) is 3.26. The van der Waals surface area contributed by atoms with Gasteiger partial charge in [-0.1, -0.05) is 11.6 Å². The van der Waals surface area contributed by atoms with Crippen LogP contribution < -0.4 is 15.8 Å². The number of nitrogens with two attached hydrogens (primary N) is 1. The zero-order valence-corrected chi connectivity index (χ0v) is 9.46. The highest BCUT2D eigenvalue weighted by molar-refractivity contribution is 6.33. The van der Waals surface area contributed by atoms with Crippen LogP contribution in [0.25, 0.3) is 0 Å². The van der Waals surface area contributed by atoms with E-state index in [4.69, 9.17) is 22.1 Å². The Kier molecular flexibility index (Phi) is 3.19.